The van der Waals surface area contributed by atoms with E-state index in [9.17, 15) is 0 Å². The first-order valence-electron chi connectivity index (χ1n) is 6.44. The Kier molecular flexibility index (Phi) is 8.07. The van der Waals surface area contributed by atoms with Crippen LogP contribution in [0.5, 0.6) is 0 Å². The van der Waals surface area contributed by atoms with Gasteiger partial charge < -0.3 is 9.38 Å². The average Bonchev–Trinajstić information content (AvgIpc) is 2.10. The van der Waals surface area contributed by atoms with Crippen molar-refractivity contribution in [2.24, 2.45) is 0 Å². The second-order valence-corrected chi connectivity index (χ2v) is 5.60. The van der Waals surface area contributed by atoms with Crippen molar-refractivity contribution in [2.75, 3.05) is 47.8 Å². The predicted molar refractivity (Wildman–Crippen MR) is 69.2 cm³/mol. The van der Waals surface area contributed by atoms with Gasteiger partial charge in [-0.3, -0.25) is 0 Å². The molecule has 2 heteroatoms. The summed E-state index contributed by atoms with van der Waals surface area (Å²) in [6.07, 6.45) is 6.84. The highest BCUT2D eigenvalue weighted by Gasteiger charge is 2.11. The zero-order chi connectivity index (χ0) is 11.7. The van der Waals surface area contributed by atoms with Gasteiger partial charge in [0.2, 0.25) is 0 Å². The van der Waals surface area contributed by atoms with Gasteiger partial charge in [-0.2, -0.15) is 0 Å². The highest BCUT2D eigenvalue weighted by Crippen LogP contribution is 2.06. The SMILES string of the molecule is CCC[N+](C)(C)CCCCCCN(C)C. The van der Waals surface area contributed by atoms with Crippen molar-refractivity contribution in [1.29, 1.82) is 0 Å². The smallest absolute Gasteiger partial charge is 0.0782 e. The zero-order valence-corrected chi connectivity index (χ0v) is 11.6. The van der Waals surface area contributed by atoms with E-state index in [1.807, 2.05) is 0 Å². The van der Waals surface area contributed by atoms with Gasteiger partial charge in [0.25, 0.3) is 0 Å². The van der Waals surface area contributed by atoms with Crippen molar-refractivity contribution in [3.63, 3.8) is 0 Å². The van der Waals surface area contributed by atoms with Crippen LogP contribution in [0.4, 0.5) is 0 Å². The normalized spacial score (nSPS) is 12.4. The van der Waals surface area contributed by atoms with E-state index in [4.69, 9.17) is 0 Å². The highest BCUT2D eigenvalue weighted by molar-refractivity contribution is 4.47. The molecule has 92 valence electrons. The third-order valence-corrected chi connectivity index (χ3v) is 2.95. The molecule has 0 saturated heterocycles. The fourth-order valence-corrected chi connectivity index (χ4v) is 2.04. The van der Waals surface area contributed by atoms with Gasteiger partial charge in [-0.1, -0.05) is 13.3 Å². The summed E-state index contributed by atoms with van der Waals surface area (Å²) < 4.78 is 1.20. The second-order valence-electron chi connectivity index (χ2n) is 5.60. The minimum absolute atomic E-state index is 1.20. The Bertz CT molecular complexity index is 141. The molecular weight excluding hydrogens is 184 g/mol. The maximum Gasteiger partial charge on any atom is 0.0782 e. The van der Waals surface area contributed by atoms with E-state index in [-0.39, 0.29) is 0 Å². The molecule has 0 saturated carbocycles. The van der Waals surface area contributed by atoms with Crippen molar-refractivity contribution >= 4 is 0 Å². The summed E-state index contributed by atoms with van der Waals surface area (Å²) in [6.45, 7) is 6.18. The number of rotatable bonds is 9. The lowest BCUT2D eigenvalue weighted by molar-refractivity contribution is -0.890. The Labute approximate surface area is 96.8 Å². The molecule has 0 N–H and O–H groups in total. The van der Waals surface area contributed by atoms with Crippen LogP contribution in [0.3, 0.4) is 0 Å². The van der Waals surface area contributed by atoms with Gasteiger partial charge in [0, 0.05) is 0 Å². The third-order valence-electron chi connectivity index (χ3n) is 2.95. The van der Waals surface area contributed by atoms with Crippen LogP contribution >= 0.6 is 0 Å². The third kappa shape index (κ3) is 10.2. The van der Waals surface area contributed by atoms with Crippen LogP contribution in [-0.4, -0.2) is 57.2 Å². The van der Waals surface area contributed by atoms with Gasteiger partial charge in [0.05, 0.1) is 27.2 Å². The van der Waals surface area contributed by atoms with Gasteiger partial charge >= 0.3 is 0 Å². The van der Waals surface area contributed by atoms with Gasteiger partial charge in [-0.25, -0.2) is 0 Å². The molecule has 2 nitrogen and oxygen atoms in total. The summed E-state index contributed by atoms with van der Waals surface area (Å²) >= 11 is 0. The van der Waals surface area contributed by atoms with E-state index in [0.717, 1.165) is 0 Å². The molecule has 0 rings (SSSR count). The Hall–Kier alpha value is -0.0800. The van der Waals surface area contributed by atoms with E-state index in [1.54, 1.807) is 0 Å². The molecule has 0 aliphatic carbocycles. The molecule has 0 fully saturated rings. The molecule has 0 unspecified atom stereocenters. The molecular formula is C13H31N2+. The van der Waals surface area contributed by atoms with Crippen LogP contribution < -0.4 is 0 Å². The predicted octanol–water partition coefficient (Wildman–Crippen LogP) is 2.59. The summed E-state index contributed by atoms with van der Waals surface area (Å²) in [4.78, 5) is 2.27. The molecule has 0 aromatic heterocycles. The van der Waals surface area contributed by atoms with Gasteiger partial charge in [-0.05, 0) is 46.3 Å². The molecule has 0 atom stereocenters. The number of quaternary nitrogens is 1. The molecule has 0 bridgehead atoms. The minimum Gasteiger partial charge on any atom is -0.328 e. The molecule has 0 aliphatic heterocycles. The first-order chi connectivity index (χ1) is 6.98. The molecule has 0 aromatic carbocycles. The monoisotopic (exact) mass is 215 g/mol. The summed E-state index contributed by atoms with van der Waals surface area (Å²) in [7, 11) is 9.01. The van der Waals surface area contributed by atoms with Crippen molar-refractivity contribution in [3.05, 3.63) is 0 Å². The molecule has 0 aromatic rings. The van der Waals surface area contributed by atoms with Crippen molar-refractivity contribution < 1.29 is 4.48 Å². The van der Waals surface area contributed by atoms with Crippen LogP contribution in [0.1, 0.15) is 39.0 Å². The Morgan fingerprint density at radius 2 is 1.47 bits per heavy atom. The minimum atomic E-state index is 1.20. The number of nitrogens with zero attached hydrogens (tertiary/aromatic N) is 2. The molecule has 0 spiro atoms. The zero-order valence-electron chi connectivity index (χ0n) is 11.6. The fraction of sp³-hybridized carbons (Fsp3) is 1.00. The maximum atomic E-state index is 2.35. The topological polar surface area (TPSA) is 3.24 Å². The molecule has 0 radical (unpaired) electrons. The number of hydrogen-bond donors (Lipinski definition) is 0. The van der Waals surface area contributed by atoms with Crippen LogP contribution in [0, 0.1) is 0 Å². The van der Waals surface area contributed by atoms with Crippen molar-refractivity contribution in [3.8, 4) is 0 Å². The lowest BCUT2D eigenvalue weighted by Gasteiger charge is -2.29. The first kappa shape index (κ1) is 14.9. The lowest BCUT2D eigenvalue weighted by Crippen LogP contribution is -2.40. The van der Waals surface area contributed by atoms with Crippen LogP contribution in [0.25, 0.3) is 0 Å². The van der Waals surface area contributed by atoms with Crippen LogP contribution in [0.2, 0.25) is 0 Å². The van der Waals surface area contributed by atoms with Gasteiger partial charge in [0.15, 0.2) is 0 Å². The first-order valence-corrected chi connectivity index (χ1v) is 6.44. The standard InChI is InChI=1S/C13H31N2/c1-6-12-15(4,5)13-10-8-7-9-11-14(2)3/h6-13H2,1-5H3/q+1. The van der Waals surface area contributed by atoms with E-state index >= 15 is 0 Å². The Balaban J connectivity index is 3.30. The van der Waals surface area contributed by atoms with E-state index < -0.39 is 0 Å². The molecule has 0 aliphatic rings. The van der Waals surface area contributed by atoms with Gasteiger partial charge in [0.1, 0.15) is 0 Å². The van der Waals surface area contributed by atoms with E-state index in [2.05, 4.69) is 40.0 Å². The van der Waals surface area contributed by atoms with Gasteiger partial charge in [-0.15, -0.1) is 0 Å². The molecule has 0 amide bonds. The van der Waals surface area contributed by atoms with E-state index in [0.29, 0.717) is 0 Å². The summed E-state index contributed by atoms with van der Waals surface area (Å²) in [6, 6.07) is 0. The summed E-state index contributed by atoms with van der Waals surface area (Å²) in [5.41, 5.74) is 0. The highest BCUT2D eigenvalue weighted by atomic mass is 15.3. The second kappa shape index (κ2) is 8.12. The summed E-state index contributed by atoms with van der Waals surface area (Å²) in [5.74, 6) is 0. The van der Waals surface area contributed by atoms with Crippen LogP contribution in [0.15, 0.2) is 0 Å². The Morgan fingerprint density at radius 1 is 0.867 bits per heavy atom. The summed E-state index contributed by atoms with van der Waals surface area (Å²) in [5, 5.41) is 0. The molecule has 0 heterocycles. The Morgan fingerprint density at radius 3 is 2.00 bits per heavy atom. The fourth-order valence-electron chi connectivity index (χ4n) is 2.04. The van der Waals surface area contributed by atoms with Crippen LogP contribution in [-0.2, 0) is 0 Å². The molecule has 15 heavy (non-hydrogen) atoms. The van der Waals surface area contributed by atoms with E-state index in [1.165, 1.54) is 56.2 Å². The largest absolute Gasteiger partial charge is 0.328 e. The number of hydrogen-bond acceptors (Lipinski definition) is 1. The van der Waals surface area contributed by atoms with Crippen molar-refractivity contribution in [1.82, 2.24) is 4.90 Å². The average molecular weight is 215 g/mol. The quantitative estimate of drug-likeness (QED) is 0.422. The van der Waals surface area contributed by atoms with Crippen molar-refractivity contribution in [2.45, 2.75) is 39.0 Å². The lowest BCUT2D eigenvalue weighted by atomic mass is 10.1. The number of unbranched alkanes of at least 4 members (excludes halogenated alkanes) is 3. The maximum absolute atomic E-state index is 2.35.